The minimum Gasteiger partial charge on any atom is -0.361 e. The Morgan fingerprint density at radius 2 is 2.28 bits per heavy atom. The SMILES string of the molecule is CCn1ccnc(NCc2cncc(Br)c2)c1=O. The van der Waals surface area contributed by atoms with Crippen LogP contribution in [0.25, 0.3) is 0 Å². The van der Waals surface area contributed by atoms with E-state index < -0.39 is 0 Å². The lowest BCUT2D eigenvalue weighted by atomic mass is 10.3. The highest BCUT2D eigenvalue weighted by molar-refractivity contribution is 9.10. The number of hydrogen-bond donors (Lipinski definition) is 1. The molecular weight excluding hydrogens is 296 g/mol. The summed E-state index contributed by atoms with van der Waals surface area (Å²) in [5, 5.41) is 3.03. The van der Waals surface area contributed by atoms with Gasteiger partial charge in [0.1, 0.15) is 0 Å². The van der Waals surface area contributed by atoms with Crippen LogP contribution in [0.3, 0.4) is 0 Å². The van der Waals surface area contributed by atoms with Gasteiger partial charge in [-0.1, -0.05) is 0 Å². The topological polar surface area (TPSA) is 59.8 Å². The van der Waals surface area contributed by atoms with Crippen molar-refractivity contribution in [3.05, 3.63) is 51.2 Å². The maximum atomic E-state index is 11.9. The molecule has 0 aromatic carbocycles. The van der Waals surface area contributed by atoms with Gasteiger partial charge < -0.3 is 9.88 Å². The second kappa shape index (κ2) is 5.77. The van der Waals surface area contributed by atoms with Gasteiger partial charge in [0, 0.05) is 42.3 Å². The molecule has 0 unspecified atom stereocenters. The number of rotatable bonds is 4. The molecule has 0 spiro atoms. The van der Waals surface area contributed by atoms with Gasteiger partial charge in [-0.15, -0.1) is 0 Å². The summed E-state index contributed by atoms with van der Waals surface area (Å²) in [7, 11) is 0. The second-order valence-corrected chi connectivity index (χ2v) is 4.65. The molecule has 0 aliphatic heterocycles. The van der Waals surface area contributed by atoms with Crippen molar-refractivity contribution >= 4 is 21.7 Å². The molecule has 2 rings (SSSR count). The van der Waals surface area contributed by atoms with E-state index >= 15 is 0 Å². The van der Waals surface area contributed by atoms with Gasteiger partial charge in [0.05, 0.1) is 0 Å². The molecule has 0 aliphatic carbocycles. The third-order valence-electron chi connectivity index (χ3n) is 2.48. The summed E-state index contributed by atoms with van der Waals surface area (Å²) >= 11 is 3.35. The van der Waals surface area contributed by atoms with Gasteiger partial charge in [0.2, 0.25) is 0 Å². The van der Waals surface area contributed by atoms with Crippen LogP contribution in [0.4, 0.5) is 5.82 Å². The molecule has 0 amide bonds. The Hall–Kier alpha value is -1.69. The van der Waals surface area contributed by atoms with E-state index in [1.165, 1.54) is 0 Å². The predicted octanol–water partition coefficient (Wildman–Crippen LogP) is 2.03. The first-order chi connectivity index (χ1) is 8.70. The largest absolute Gasteiger partial charge is 0.361 e. The van der Waals surface area contributed by atoms with Crippen molar-refractivity contribution in [1.29, 1.82) is 0 Å². The molecule has 2 heterocycles. The van der Waals surface area contributed by atoms with Crippen molar-refractivity contribution in [2.24, 2.45) is 0 Å². The molecule has 18 heavy (non-hydrogen) atoms. The Morgan fingerprint density at radius 3 is 3.00 bits per heavy atom. The van der Waals surface area contributed by atoms with Crippen LogP contribution >= 0.6 is 15.9 Å². The van der Waals surface area contributed by atoms with Crippen LogP contribution in [-0.2, 0) is 13.1 Å². The molecule has 0 saturated heterocycles. The summed E-state index contributed by atoms with van der Waals surface area (Å²) in [5.74, 6) is 0.360. The predicted molar refractivity (Wildman–Crippen MR) is 73.4 cm³/mol. The molecule has 2 aromatic heterocycles. The number of pyridine rings is 1. The van der Waals surface area contributed by atoms with Crippen LogP contribution in [0, 0.1) is 0 Å². The van der Waals surface area contributed by atoms with E-state index in [1.54, 1.807) is 29.4 Å². The minimum atomic E-state index is -0.108. The number of halogens is 1. The fraction of sp³-hybridized carbons (Fsp3) is 0.250. The summed E-state index contributed by atoms with van der Waals surface area (Å²) in [6.07, 6.45) is 6.76. The Morgan fingerprint density at radius 1 is 1.44 bits per heavy atom. The lowest BCUT2D eigenvalue weighted by Crippen LogP contribution is -2.23. The first-order valence-electron chi connectivity index (χ1n) is 5.59. The summed E-state index contributed by atoms with van der Waals surface area (Å²) < 4.78 is 2.52. The number of hydrogen-bond acceptors (Lipinski definition) is 4. The fourth-order valence-corrected chi connectivity index (χ4v) is 1.97. The van der Waals surface area contributed by atoms with Gasteiger partial charge in [-0.05, 0) is 34.5 Å². The van der Waals surface area contributed by atoms with Crippen molar-refractivity contribution in [3.8, 4) is 0 Å². The maximum absolute atomic E-state index is 11.9. The molecule has 0 atom stereocenters. The molecule has 0 fully saturated rings. The minimum absolute atomic E-state index is 0.108. The Labute approximate surface area is 113 Å². The Kier molecular flexibility index (Phi) is 4.09. The van der Waals surface area contributed by atoms with Crippen molar-refractivity contribution in [1.82, 2.24) is 14.5 Å². The van der Waals surface area contributed by atoms with E-state index in [9.17, 15) is 4.79 Å². The van der Waals surface area contributed by atoms with E-state index in [2.05, 4.69) is 31.2 Å². The summed E-state index contributed by atoms with van der Waals surface area (Å²) in [4.78, 5) is 20.0. The molecule has 94 valence electrons. The Balaban J connectivity index is 2.13. The molecule has 5 nitrogen and oxygen atoms in total. The van der Waals surface area contributed by atoms with Crippen LogP contribution in [0.15, 0.2) is 40.1 Å². The lowest BCUT2D eigenvalue weighted by Gasteiger charge is -2.07. The zero-order chi connectivity index (χ0) is 13.0. The third-order valence-corrected chi connectivity index (χ3v) is 2.91. The van der Waals surface area contributed by atoms with Gasteiger partial charge in [0.25, 0.3) is 5.56 Å². The van der Waals surface area contributed by atoms with E-state index in [-0.39, 0.29) is 5.56 Å². The van der Waals surface area contributed by atoms with Crippen molar-refractivity contribution in [2.45, 2.75) is 20.0 Å². The maximum Gasteiger partial charge on any atom is 0.293 e. The number of aromatic nitrogens is 3. The zero-order valence-corrected chi connectivity index (χ0v) is 11.5. The number of nitrogens with zero attached hydrogens (tertiary/aromatic N) is 3. The quantitative estimate of drug-likeness (QED) is 0.939. The lowest BCUT2D eigenvalue weighted by molar-refractivity contribution is 0.718. The molecule has 2 aromatic rings. The molecule has 0 radical (unpaired) electrons. The number of nitrogens with one attached hydrogen (secondary N) is 1. The van der Waals surface area contributed by atoms with E-state index in [0.29, 0.717) is 18.9 Å². The van der Waals surface area contributed by atoms with Gasteiger partial charge in [-0.2, -0.15) is 0 Å². The Bertz CT molecular complexity index is 597. The highest BCUT2D eigenvalue weighted by Gasteiger charge is 2.03. The molecular formula is C12H13BrN4O. The smallest absolute Gasteiger partial charge is 0.293 e. The fourth-order valence-electron chi connectivity index (χ4n) is 1.56. The first kappa shape index (κ1) is 12.8. The van der Waals surface area contributed by atoms with Crippen LogP contribution in [0.5, 0.6) is 0 Å². The standard InChI is InChI=1S/C12H13BrN4O/c1-2-17-4-3-15-11(12(17)18)16-7-9-5-10(13)8-14-6-9/h3-6,8H,2,7H2,1H3,(H,15,16). The molecule has 0 aliphatic rings. The van der Waals surface area contributed by atoms with Crippen LogP contribution in [0.2, 0.25) is 0 Å². The molecule has 0 bridgehead atoms. The average Bonchev–Trinajstić information content (AvgIpc) is 2.38. The summed E-state index contributed by atoms with van der Waals surface area (Å²) in [5.41, 5.74) is 0.875. The summed E-state index contributed by atoms with van der Waals surface area (Å²) in [6.45, 7) is 3.07. The normalized spacial score (nSPS) is 10.3. The molecule has 0 saturated carbocycles. The highest BCUT2D eigenvalue weighted by Crippen LogP contribution is 2.10. The second-order valence-electron chi connectivity index (χ2n) is 3.73. The monoisotopic (exact) mass is 308 g/mol. The van der Waals surface area contributed by atoms with Crippen LogP contribution in [0.1, 0.15) is 12.5 Å². The van der Waals surface area contributed by atoms with Crippen molar-refractivity contribution < 1.29 is 0 Å². The van der Waals surface area contributed by atoms with E-state index in [1.807, 2.05) is 13.0 Å². The van der Waals surface area contributed by atoms with Crippen LogP contribution in [-0.4, -0.2) is 14.5 Å². The van der Waals surface area contributed by atoms with Crippen molar-refractivity contribution in [3.63, 3.8) is 0 Å². The van der Waals surface area contributed by atoms with Crippen molar-refractivity contribution in [2.75, 3.05) is 5.32 Å². The first-order valence-corrected chi connectivity index (χ1v) is 6.38. The van der Waals surface area contributed by atoms with Crippen LogP contribution < -0.4 is 10.9 Å². The molecule has 1 N–H and O–H groups in total. The van der Waals surface area contributed by atoms with Gasteiger partial charge in [-0.25, -0.2) is 4.98 Å². The number of anilines is 1. The zero-order valence-electron chi connectivity index (χ0n) is 9.93. The van der Waals surface area contributed by atoms with E-state index in [0.717, 1.165) is 10.0 Å². The summed E-state index contributed by atoms with van der Waals surface area (Å²) in [6, 6.07) is 1.95. The molecule has 6 heteroatoms. The van der Waals surface area contributed by atoms with Gasteiger partial charge >= 0.3 is 0 Å². The van der Waals surface area contributed by atoms with E-state index in [4.69, 9.17) is 0 Å². The number of aryl methyl sites for hydroxylation is 1. The third kappa shape index (κ3) is 2.95. The highest BCUT2D eigenvalue weighted by atomic mass is 79.9. The van der Waals surface area contributed by atoms with Gasteiger partial charge in [-0.3, -0.25) is 9.78 Å². The average molecular weight is 309 g/mol. The van der Waals surface area contributed by atoms with Gasteiger partial charge in [0.15, 0.2) is 5.82 Å².